The Morgan fingerprint density at radius 3 is 3.00 bits per heavy atom. The van der Waals surface area contributed by atoms with Crippen LogP contribution in [0.15, 0.2) is 54.0 Å². The fourth-order valence-corrected chi connectivity index (χ4v) is 2.90. The Morgan fingerprint density at radius 1 is 1.16 bits per heavy atom. The van der Waals surface area contributed by atoms with Crippen LogP contribution in [0.3, 0.4) is 0 Å². The van der Waals surface area contributed by atoms with Crippen LogP contribution >= 0.6 is 0 Å². The van der Waals surface area contributed by atoms with E-state index >= 15 is 0 Å². The number of nitrogens with one attached hydrogen (secondary N) is 3. The number of carbonyl (C=O) groups excluding carboxylic acids is 1. The average Bonchev–Trinajstić information content (AvgIpc) is 3.05. The summed E-state index contributed by atoms with van der Waals surface area (Å²) < 4.78 is 0. The first-order valence-electron chi connectivity index (χ1n) is 7.88. The van der Waals surface area contributed by atoms with E-state index in [9.17, 15) is 9.59 Å². The van der Waals surface area contributed by atoms with Gasteiger partial charge in [0.15, 0.2) is 0 Å². The Kier molecular flexibility index (Phi) is 3.74. The summed E-state index contributed by atoms with van der Waals surface area (Å²) in [5, 5.41) is 3.87. The van der Waals surface area contributed by atoms with E-state index in [-0.39, 0.29) is 11.5 Å². The lowest BCUT2D eigenvalue weighted by Crippen LogP contribution is -2.26. The molecule has 124 valence electrons. The first-order chi connectivity index (χ1) is 12.2. The number of pyridine rings is 3. The molecule has 0 aliphatic heterocycles. The summed E-state index contributed by atoms with van der Waals surface area (Å²) in [5.41, 5.74) is 3.06. The number of aromatic nitrogens is 4. The van der Waals surface area contributed by atoms with Crippen molar-refractivity contribution in [2.45, 2.75) is 6.42 Å². The maximum absolute atomic E-state index is 12.5. The Labute approximate surface area is 142 Å². The molecular formula is C18H15N5O2. The molecule has 4 heterocycles. The molecule has 0 spiro atoms. The van der Waals surface area contributed by atoms with Crippen LogP contribution in [0.1, 0.15) is 15.9 Å². The van der Waals surface area contributed by atoms with Crippen LogP contribution in [0.5, 0.6) is 0 Å². The van der Waals surface area contributed by atoms with Gasteiger partial charge in [-0.25, -0.2) is 0 Å². The summed E-state index contributed by atoms with van der Waals surface area (Å²) in [4.78, 5) is 38.4. The third-order valence-corrected chi connectivity index (χ3v) is 4.13. The van der Waals surface area contributed by atoms with Crippen molar-refractivity contribution in [3.8, 4) is 0 Å². The molecule has 0 aromatic carbocycles. The third kappa shape index (κ3) is 2.76. The molecular weight excluding hydrogens is 318 g/mol. The third-order valence-electron chi connectivity index (χ3n) is 4.13. The minimum absolute atomic E-state index is 0.253. The van der Waals surface area contributed by atoms with Gasteiger partial charge in [-0.15, -0.1) is 0 Å². The summed E-state index contributed by atoms with van der Waals surface area (Å²) in [6.45, 7) is 0.460. The van der Waals surface area contributed by atoms with E-state index in [1.54, 1.807) is 12.3 Å². The zero-order chi connectivity index (χ0) is 17.2. The average molecular weight is 333 g/mol. The highest BCUT2D eigenvalue weighted by atomic mass is 16.1. The van der Waals surface area contributed by atoms with Gasteiger partial charge in [-0.05, 0) is 30.2 Å². The quantitative estimate of drug-likeness (QED) is 0.529. The minimum atomic E-state index is -0.260. The molecule has 0 atom stereocenters. The van der Waals surface area contributed by atoms with Crippen LogP contribution in [0.4, 0.5) is 0 Å². The van der Waals surface area contributed by atoms with Crippen LogP contribution in [0.2, 0.25) is 0 Å². The van der Waals surface area contributed by atoms with E-state index in [4.69, 9.17) is 0 Å². The van der Waals surface area contributed by atoms with Crippen LogP contribution in [0.25, 0.3) is 21.8 Å². The fourth-order valence-electron chi connectivity index (χ4n) is 2.90. The van der Waals surface area contributed by atoms with Crippen LogP contribution in [0, 0.1) is 0 Å². The smallest absolute Gasteiger partial charge is 0.257 e. The number of nitrogens with zero attached hydrogens (tertiary/aromatic N) is 2. The summed E-state index contributed by atoms with van der Waals surface area (Å²) in [6, 6.07) is 5.54. The zero-order valence-electron chi connectivity index (χ0n) is 13.2. The molecule has 4 rings (SSSR count). The molecule has 4 aromatic heterocycles. The highest BCUT2D eigenvalue weighted by molar-refractivity contribution is 6.06. The minimum Gasteiger partial charge on any atom is -0.360 e. The number of hydrogen-bond donors (Lipinski definition) is 3. The van der Waals surface area contributed by atoms with Gasteiger partial charge in [0.2, 0.25) is 0 Å². The van der Waals surface area contributed by atoms with E-state index < -0.39 is 0 Å². The Morgan fingerprint density at radius 2 is 2.08 bits per heavy atom. The van der Waals surface area contributed by atoms with Crippen molar-refractivity contribution in [1.82, 2.24) is 25.3 Å². The normalized spacial score (nSPS) is 11.0. The molecule has 7 nitrogen and oxygen atoms in total. The molecule has 0 fully saturated rings. The van der Waals surface area contributed by atoms with E-state index in [2.05, 4.69) is 25.3 Å². The Balaban J connectivity index is 1.51. The van der Waals surface area contributed by atoms with Crippen molar-refractivity contribution < 1.29 is 4.79 Å². The van der Waals surface area contributed by atoms with Gasteiger partial charge < -0.3 is 15.3 Å². The van der Waals surface area contributed by atoms with Gasteiger partial charge >= 0.3 is 0 Å². The molecule has 3 N–H and O–H groups in total. The maximum Gasteiger partial charge on any atom is 0.257 e. The lowest BCUT2D eigenvalue weighted by atomic mass is 10.1. The highest BCUT2D eigenvalue weighted by Crippen LogP contribution is 2.16. The topological polar surface area (TPSA) is 104 Å². The number of carbonyl (C=O) groups is 1. The van der Waals surface area contributed by atoms with Crippen molar-refractivity contribution in [2.75, 3.05) is 6.54 Å². The first-order valence-corrected chi connectivity index (χ1v) is 7.88. The van der Waals surface area contributed by atoms with E-state index in [1.165, 1.54) is 18.6 Å². The van der Waals surface area contributed by atoms with Gasteiger partial charge in [-0.1, -0.05) is 0 Å². The predicted molar refractivity (Wildman–Crippen MR) is 94.5 cm³/mol. The largest absolute Gasteiger partial charge is 0.360 e. The number of rotatable bonds is 4. The molecule has 0 saturated carbocycles. The number of H-pyrrole nitrogens is 2. The molecule has 4 aromatic rings. The van der Waals surface area contributed by atoms with Crippen molar-refractivity contribution in [2.24, 2.45) is 0 Å². The number of hydrogen-bond acceptors (Lipinski definition) is 4. The second-order valence-electron chi connectivity index (χ2n) is 5.67. The highest BCUT2D eigenvalue weighted by Gasteiger charge is 2.12. The molecule has 25 heavy (non-hydrogen) atoms. The van der Waals surface area contributed by atoms with Gasteiger partial charge in [0.05, 0.1) is 22.0 Å². The summed E-state index contributed by atoms with van der Waals surface area (Å²) in [5.74, 6) is -0.253. The maximum atomic E-state index is 12.5. The molecule has 0 radical (unpaired) electrons. The van der Waals surface area contributed by atoms with E-state index in [0.29, 0.717) is 29.3 Å². The molecule has 0 bridgehead atoms. The molecule has 0 aliphatic carbocycles. The number of fused-ring (bicyclic) bond motifs is 2. The van der Waals surface area contributed by atoms with Crippen LogP contribution in [-0.2, 0) is 6.42 Å². The monoisotopic (exact) mass is 333 g/mol. The Bertz CT molecular complexity index is 1130. The summed E-state index contributed by atoms with van der Waals surface area (Å²) in [7, 11) is 0. The van der Waals surface area contributed by atoms with Gasteiger partial charge in [-0.2, -0.15) is 0 Å². The first kappa shape index (κ1) is 15.1. The summed E-state index contributed by atoms with van der Waals surface area (Å²) >= 11 is 0. The zero-order valence-corrected chi connectivity index (χ0v) is 13.2. The molecule has 0 unspecified atom stereocenters. The number of amides is 1. The lowest BCUT2D eigenvalue weighted by molar-refractivity contribution is 0.0955. The van der Waals surface area contributed by atoms with Crippen molar-refractivity contribution in [3.05, 3.63) is 70.7 Å². The second kappa shape index (κ2) is 6.20. The van der Waals surface area contributed by atoms with Gasteiger partial charge in [0.25, 0.3) is 11.5 Å². The Hall–Kier alpha value is -3.48. The van der Waals surface area contributed by atoms with E-state index in [1.807, 2.05) is 18.3 Å². The van der Waals surface area contributed by atoms with Crippen molar-refractivity contribution in [3.63, 3.8) is 0 Å². The molecule has 0 aliphatic rings. The predicted octanol–water partition coefficient (Wildman–Crippen LogP) is 1.77. The summed E-state index contributed by atoms with van der Waals surface area (Å²) in [6.07, 6.45) is 8.77. The molecule has 7 heteroatoms. The lowest BCUT2D eigenvalue weighted by Gasteiger charge is -2.07. The number of aromatic amines is 2. The van der Waals surface area contributed by atoms with Crippen molar-refractivity contribution >= 4 is 27.7 Å². The van der Waals surface area contributed by atoms with Crippen molar-refractivity contribution in [1.29, 1.82) is 0 Å². The standard InChI is InChI=1S/C18H15N5O2/c24-17(13-9-19-10-14-12(13)4-7-22-18(14)25)21-6-3-11-8-23-15-2-1-5-20-16(11)15/h1-2,4-5,7-10,23H,3,6H2,(H,21,24)(H,22,25). The van der Waals surface area contributed by atoms with Gasteiger partial charge in [0.1, 0.15) is 0 Å². The van der Waals surface area contributed by atoms with Crippen LogP contribution in [-0.4, -0.2) is 32.4 Å². The second-order valence-corrected chi connectivity index (χ2v) is 5.67. The fraction of sp³-hybridized carbons (Fsp3) is 0.111. The van der Waals surface area contributed by atoms with E-state index in [0.717, 1.165) is 16.6 Å². The van der Waals surface area contributed by atoms with Gasteiger partial charge in [-0.3, -0.25) is 19.6 Å². The van der Waals surface area contributed by atoms with Gasteiger partial charge in [0, 0.05) is 42.9 Å². The molecule has 1 amide bonds. The van der Waals surface area contributed by atoms with Crippen LogP contribution < -0.4 is 10.9 Å². The molecule has 0 saturated heterocycles. The SMILES string of the molecule is O=C(NCCc1c[nH]c2cccnc12)c1cncc2c(=O)[nH]ccc12.